The van der Waals surface area contributed by atoms with Crippen LogP contribution in [0.1, 0.15) is 22.8 Å². The van der Waals surface area contributed by atoms with Gasteiger partial charge >= 0.3 is 5.97 Å². The molecule has 0 bridgehead atoms. The fourth-order valence-corrected chi connectivity index (χ4v) is 2.85. The number of pyridine rings is 1. The van der Waals surface area contributed by atoms with E-state index in [0.717, 1.165) is 11.1 Å². The number of nitrogens with zero attached hydrogens (tertiary/aromatic N) is 2. The lowest BCUT2D eigenvalue weighted by Crippen LogP contribution is -2.34. The molecule has 0 spiro atoms. The lowest BCUT2D eigenvalue weighted by Gasteiger charge is -2.18. The molecular weight excluding hydrogens is 340 g/mol. The molecule has 1 heterocycles. The number of amides is 1. The van der Waals surface area contributed by atoms with Crippen LogP contribution in [0.3, 0.4) is 0 Å². The van der Waals surface area contributed by atoms with Gasteiger partial charge in [-0.2, -0.15) is 0 Å². The van der Waals surface area contributed by atoms with Crippen LogP contribution in [0.5, 0.6) is 0 Å². The molecule has 0 saturated heterocycles. The fraction of sp³-hybridized carbons (Fsp3) is 0.227. The predicted molar refractivity (Wildman–Crippen MR) is 105 cm³/mol. The van der Waals surface area contributed by atoms with E-state index in [4.69, 9.17) is 4.74 Å². The van der Waals surface area contributed by atoms with Crippen molar-refractivity contribution >= 4 is 22.8 Å². The van der Waals surface area contributed by atoms with Crippen LogP contribution >= 0.6 is 0 Å². The van der Waals surface area contributed by atoms with E-state index in [1.807, 2.05) is 55.5 Å². The maximum atomic E-state index is 12.8. The largest absolute Gasteiger partial charge is 0.449 e. The molecule has 0 radical (unpaired) electrons. The van der Waals surface area contributed by atoms with Crippen molar-refractivity contribution in [1.29, 1.82) is 0 Å². The number of carbonyl (C=O) groups is 2. The molecule has 0 saturated carbocycles. The van der Waals surface area contributed by atoms with Crippen LogP contribution in [0.15, 0.2) is 54.6 Å². The molecule has 0 fully saturated rings. The van der Waals surface area contributed by atoms with E-state index in [1.54, 1.807) is 27.1 Å². The maximum absolute atomic E-state index is 12.8. The normalized spacial score (nSPS) is 11.9. The van der Waals surface area contributed by atoms with E-state index < -0.39 is 12.1 Å². The smallest absolute Gasteiger partial charge is 0.339 e. The molecule has 1 aromatic heterocycles. The van der Waals surface area contributed by atoms with Gasteiger partial charge in [0.2, 0.25) is 0 Å². The van der Waals surface area contributed by atoms with Gasteiger partial charge in [-0.1, -0.05) is 48.0 Å². The monoisotopic (exact) mass is 362 g/mol. The summed E-state index contributed by atoms with van der Waals surface area (Å²) in [6, 6.07) is 17.1. The number of esters is 1. The first kappa shape index (κ1) is 18.6. The molecule has 3 rings (SSSR count). The Kier molecular flexibility index (Phi) is 5.21. The van der Waals surface area contributed by atoms with Gasteiger partial charge in [-0.05, 0) is 26.0 Å². The summed E-state index contributed by atoms with van der Waals surface area (Å²) < 4.78 is 5.42. The molecular formula is C22H22N2O3. The van der Waals surface area contributed by atoms with Gasteiger partial charge in [0, 0.05) is 25.0 Å². The standard InChI is InChI=1S/C22H22N2O3/c1-14-9-11-16(12-10-14)20-13-18(17-7-5-6-8-19(17)23-20)22(26)27-15(2)21(25)24(3)4/h5-13,15H,1-4H3. The van der Waals surface area contributed by atoms with Gasteiger partial charge in [0.1, 0.15) is 0 Å². The Morgan fingerprint density at radius 2 is 1.70 bits per heavy atom. The Balaban J connectivity index is 2.04. The number of ether oxygens (including phenoxy) is 1. The van der Waals surface area contributed by atoms with Crippen molar-refractivity contribution in [2.45, 2.75) is 20.0 Å². The average molecular weight is 362 g/mol. The molecule has 1 atom stereocenters. The average Bonchev–Trinajstić information content (AvgIpc) is 2.66. The van der Waals surface area contributed by atoms with Crippen LogP contribution in [0.2, 0.25) is 0 Å². The zero-order chi connectivity index (χ0) is 19.6. The van der Waals surface area contributed by atoms with E-state index in [1.165, 1.54) is 4.90 Å². The second kappa shape index (κ2) is 7.58. The van der Waals surface area contributed by atoms with Crippen molar-refractivity contribution in [2.75, 3.05) is 14.1 Å². The van der Waals surface area contributed by atoms with Gasteiger partial charge in [0.25, 0.3) is 5.91 Å². The number of aryl methyl sites for hydroxylation is 1. The Labute approximate surface area is 158 Å². The van der Waals surface area contributed by atoms with Gasteiger partial charge in [-0.3, -0.25) is 4.79 Å². The van der Waals surface area contributed by atoms with Gasteiger partial charge in [0.05, 0.1) is 16.8 Å². The van der Waals surface area contributed by atoms with Crippen LogP contribution in [0.4, 0.5) is 0 Å². The van der Waals surface area contributed by atoms with E-state index in [2.05, 4.69) is 4.98 Å². The van der Waals surface area contributed by atoms with E-state index in [-0.39, 0.29) is 5.91 Å². The minimum Gasteiger partial charge on any atom is -0.449 e. The molecule has 138 valence electrons. The van der Waals surface area contributed by atoms with Gasteiger partial charge in [0.15, 0.2) is 6.10 Å². The number of likely N-dealkylation sites (N-methyl/N-ethyl adjacent to an activating group) is 1. The molecule has 5 heteroatoms. The van der Waals surface area contributed by atoms with Crippen molar-refractivity contribution in [2.24, 2.45) is 0 Å². The maximum Gasteiger partial charge on any atom is 0.339 e. The highest BCUT2D eigenvalue weighted by Gasteiger charge is 2.22. The highest BCUT2D eigenvalue weighted by molar-refractivity contribution is 6.05. The number of hydrogen-bond acceptors (Lipinski definition) is 4. The molecule has 0 aliphatic rings. The third kappa shape index (κ3) is 3.97. The Morgan fingerprint density at radius 1 is 1.04 bits per heavy atom. The summed E-state index contributed by atoms with van der Waals surface area (Å²) in [6.07, 6.45) is -0.859. The van der Waals surface area contributed by atoms with Crippen molar-refractivity contribution in [1.82, 2.24) is 9.88 Å². The Hall–Kier alpha value is -3.21. The van der Waals surface area contributed by atoms with Gasteiger partial charge in [-0.25, -0.2) is 9.78 Å². The summed E-state index contributed by atoms with van der Waals surface area (Å²) in [5, 5.41) is 0.697. The van der Waals surface area contributed by atoms with Gasteiger partial charge < -0.3 is 9.64 Å². The third-order valence-corrected chi connectivity index (χ3v) is 4.36. The SMILES string of the molecule is Cc1ccc(-c2cc(C(=O)OC(C)C(=O)N(C)C)c3ccccc3n2)cc1. The molecule has 5 nitrogen and oxygen atoms in total. The quantitative estimate of drug-likeness (QED) is 0.662. The van der Waals surface area contributed by atoms with Crippen molar-refractivity contribution in [3.8, 4) is 11.3 Å². The summed E-state index contributed by atoms with van der Waals surface area (Å²) in [5.41, 5.74) is 3.85. The third-order valence-electron chi connectivity index (χ3n) is 4.36. The molecule has 2 aromatic carbocycles. The second-order valence-electron chi connectivity index (χ2n) is 6.72. The minimum atomic E-state index is -0.859. The Bertz CT molecular complexity index is 994. The number of fused-ring (bicyclic) bond motifs is 1. The van der Waals surface area contributed by atoms with Gasteiger partial charge in [-0.15, -0.1) is 0 Å². The van der Waals surface area contributed by atoms with Crippen molar-refractivity contribution in [3.63, 3.8) is 0 Å². The highest BCUT2D eigenvalue weighted by atomic mass is 16.5. The van der Waals surface area contributed by atoms with E-state index >= 15 is 0 Å². The lowest BCUT2D eigenvalue weighted by atomic mass is 10.0. The van der Waals surface area contributed by atoms with E-state index in [9.17, 15) is 9.59 Å². The van der Waals surface area contributed by atoms with Crippen LogP contribution < -0.4 is 0 Å². The van der Waals surface area contributed by atoms with Crippen LogP contribution in [-0.4, -0.2) is 42.0 Å². The molecule has 1 unspecified atom stereocenters. The summed E-state index contributed by atoms with van der Waals surface area (Å²) in [7, 11) is 3.26. The first-order valence-corrected chi connectivity index (χ1v) is 8.76. The Morgan fingerprint density at radius 3 is 2.37 bits per heavy atom. The number of rotatable bonds is 4. The molecule has 0 N–H and O–H groups in total. The summed E-state index contributed by atoms with van der Waals surface area (Å²) >= 11 is 0. The number of aromatic nitrogens is 1. The molecule has 3 aromatic rings. The first-order valence-electron chi connectivity index (χ1n) is 8.76. The summed E-state index contributed by atoms with van der Waals surface area (Å²) in [6.45, 7) is 3.59. The minimum absolute atomic E-state index is 0.263. The zero-order valence-corrected chi connectivity index (χ0v) is 15.9. The number of hydrogen-bond donors (Lipinski definition) is 0. The van der Waals surface area contributed by atoms with Crippen LogP contribution in [-0.2, 0) is 9.53 Å². The highest BCUT2D eigenvalue weighted by Crippen LogP contribution is 2.26. The number of benzene rings is 2. The van der Waals surface area contributed by atoms with Crippen molar-refractivity contribution in [3.05, 3.63) is 65.7 Å². The molecule has 0 aliphatic heterocycles. The van der Waals surface area contributed by atoms with Crippen LogP contribution in [0.25, 0.3) is 22.2 Å². The molecule has 27 heavy (non-hydrogen) atoms. The first-order chi connectivity index (χ1) is 12.9. The lowest BCUT2D eigenvalue weighted by molar-refractivity contribution is -0.137. The van der Waals surface area contributed by atoms with Crippen molar-refractivity contribution < 1.29 is 14.3 Å². The van der Waals surface area contributed by atoms with E-state index in [0.29, 0.717) is 22.2 Å². The topological polar surface area (TPSA) is 59.5 Å². The molecule has 1 amide bonds. The summed E-state index contributed by atoms with van der Waals surface area (Å²) in [4.78, 5) is 30.9. The second-order valence-corrected chi connectivity index (χ2v) is 6.72. The number of carbonyl (C=O) groups excluding carboxylic acids is 2. The summed E-state index contributed by atoms with van der Waals surface area (Å²) in [5.74, 6) is -0.801. The fourth-order valence-electron chi connectivity index (χ4n) is 2.85. The zero-order valence-electron chi connectivity index (χ0n) is 15.9. The number of para-hydroxylation sites is 1. The van der Waals surface area contributed by atoms with Crippen LogP contribution in [0, 0.1) is 6.92 Å². The molecule has 0 aliphatic carbocycles. The predicted octanol–water partition coefficient (Wildman–Crippen LogP) is 3.84.